The average molecular weight is 1320 g/mol. The molecule has 0 aliphatic heterocycles. The smallest absolute Gasteiger partial charge is 0.238 e. The lowest BCUT2D eigenvalue weighted by Gasteiger charge is -2.34. The fraction of sp³-hybridized carbons (Fsp3) is 0.173. The van der Waals surface area contributed by atoms with E-state index in [4.69, 9.17) is 15.0 Å². The molecule has 4 nitrogen and oxygen atoms in total. The normalized spacial score (nSPS) is 13.0. The quantitative estimate of drug-likeness (QED) is 0.130. The van der Waals surface area contributed by atoms with Crippen LogP contribution in [0, 0.1) is 0 Å². The molecule has 0 amide bonds. The second-order valence-electron chi connectivity index (χ2n) is 32.1. The van der Waals surface area contributed by atoms with Crippen molar-refractivity contribution in [1.29, 1.82) is 0 Å². The van der Waals surface area contributed by atoms with Gasteiger partial charge in [0.05, 0.1) is 16.4 Å². The molecule has 2 aromatic heterocycles. The number of aromatic nitrogens is 4. The van der Waals surface area contributed by atoms with Crippen LogP contribution in [0.1, 0.15) is 128 Å². The fourth-order valence-electron chi connectivity index (χ4n) is 15.4. The molecule has 2 heterocycles. The van der Waals surface area contributed by atoms with E-state index < -0.39 is 5.41 Å². The van der Waals surface area contributed by atoms with E-state index in [9.17, 15) is 0 Å². The highest BCUT2D eigenvalue weighted by Crippen LogP contribution is 2.58. The van der Waals surface area contributed by atoms with Gasteiger partial charge in [0.2, 0.25) is 5.95 Å². The van der Waals surface area contributed by atoms with E-state index in [0.717, 1.165) is 77.4 Å². The topological polar surface area (TPSA) is 43.6 Å². The molecule has 16 rings (SSSR count). The van der Waals surface area contributed by atoms with Crippen LogP contribution < -0.4 is 0 Å². The first-order chi connectivity index (χ1) is 49.0. The predicted octanol–water partition coefficient (Wildman–Crippen LogP) is 25.9. The highest BCUT2D eigenvalue weighted by atomic mass is 15.2. The minimum atomic E-state index is -0.633. The van der Waals surface area contributed by atoms with Crippen molar-refractivity contribution >= 4 is 21.8 Å². The second-order valence-corrected chi connectivity index (χ2v) is 32.1. The predicted molar refractivity (Wildman–Crippen MR) is 430 cm³/mol. The maximum atomic E-state index is 5.73. The summed E-state index contributed by atoms with van der Waals surface area (Å²) in [5.41, 5.74) is 29.4. The van der Waals surface area contributed by atoms with Gasteiger partial charge in [-0.1, -0.05) is 320 Å². The summed E-state index contributed by atoms with van der Waals surface area (Å²) in [5.74, 6) is 1.66. The molecule has 1 aliphatic rings. The lowest BCUT2D eigenvalue weighted by atomic mass is 9.67. The van der Waals surface area contributed by atoms with Gasteiger partial charge in [0, 0.05) is 21.9 Å². The van der Waals surface area contributed by atoms with Crippen LogP contribution in [0.3, 0.4) is 0 Å². The number of rotatable bonds is 11. The van der Waals surface area contributed by atoms with Gasteiger partial charge in [-0.2, -0.15) is 9.97 Å². The van der Waals surface area contributed by atoms with Gasteiger partial charge >= 0.3 is 0 Å². The van der Waals surface area contributed by atoms with Crippen molar-refractivity contribution in [2.24, 2.45) is 0 Å². The van der Waals surface area contributed by atoms with E-state index in [-0.39, 0.29) is 21.7 Å². The monoisotopic (exact) mass is 1320 g/mol. The molecule has 0 unspecified atom stereocenters. The molecular weight excluding hydrogens is 1230 g/mol. The minimum Gasteiger partial charge on any atom is -0.278 e. The Bertz CT molecular complexity index is 5260. The standard InChI is InChI=1S/C98H86N4/c1-94(2,3)77-45-37-63(38-46-77)71-55-72(64-39-47-78(48-40-64)95(4,5)6)58-75(57-71)67-25-23-27-69(53-67)91-99-92(70-28-24-26-68(54-70)76-59-73(65-41-49-79(50-42-65)96(7,8)9)56-74(60-76)66-43-51-80(52-44-66)97(10,11)12)101-93(100-91)102-89-36-22-20-34-84(89)86-61-85-83-33-19-21-35-87(83)98(88(85)62-90(86)102,81-29-15-13-16-30-81)82-31-17-14-18-32-82/h13-62H,1-12H3. The zero-order valence-corrected chi connectivity index (χ0v) is 60.7. The van der Waals surface area contributed by atoms with E-state index in [2.05, 4.69) is 391 Å². The highest BCUT2D eigenvalue weighted by molar-refractivity contribution is 6.12. The molecule has 15 aromatic rings. The van der Waals surface area contributed by atoms with E-state index in [1.165, 1.54) is 77.9 Å². The Balaban J connectivity index is 0.913. The summed E-state index contributed by atoms with van der Waals surface area (Å²) < 4.78 is 2.30. The van der Waals surface area contributed by atoms with Crippen LogP contribution >= 0.6 is 0 Å². The molecule has 0 fully saturated rings. The summed E-state index contributed by atoms with van der Waals surface area (Å²) >= 11 is 0. The number of para-hydroxylation sites is 1. The lowest BCUT2D eigenvalue weighted by Crippen LogP contribution is -2.28. The Labute approximate surface area is 602 Å². The third-order valence-electron chi connectivity index (χ3n) is 21.2. The largest absolute Gasteiger partial charge is 0.278 e. The van der Waals surface area contributed by atoms with Crippen LogP contribution in [0.25, 0.3) is 128 Å². The SMILES string of the molecule is CC(C)(C)c1ccc(-c2cc(-c3ccc(C(C)(C)C)cc3)cc(-c3cccc(-c4nc(-c5cccc(-c6cc(-c7ccc(C(C)(C)C)cc7)cc(-c7ccc(C(C)(C)C)cc7)c6)c5)nc(-n5c6ccccc6c6cc7c(cc65)C(c5ccccc5)(c5ccccc5)c5ccccc5-7)n4)c3)c2)cc1. The molecule has 0 bridgehead atoms. The Morgan fingerprint density at radius 1 is 0.235 bits per heavy atom. The molecule has 0 saturated heterocycles. The van der Waals surface area contributed by atoms with Crippen molar-refractivity contribution in [3.63, 3.8) is 0 Å². The minimum absolute atomic E-state index is 0.0265. The molecule has 1 aliphatic carbocycles. The number of hydrogen-bond donors (Lipinski definition) is 0. The molecule has 0 radical (unpaired) electrons. The number of nitrogens with zero attached hydrogens (tertiary/aromatic N) is 4. The molecule has 13 aromatic carbocycles. The summed E-state index contributed by atoms with van der Waals surface area (Å²) in [5, 5.41) is 2.24. The van der Waals surface area contributed by atoms with Gasteiger partial charge in [0.25, 0.3) is 0 Å². The molecule has 0 atom stereocenters. The molecular formula is C98H86N4. The summed E-state index contributed by atoms with van der Waals surface area (Å²) in [6.45, 7) is 27.3. The van der Waals surface area contributed by atoms with Crippen molar-refractivity contribution in [2.45, 2.75) is 110 Å². The first-order valence-electron chi connectivity index (χ1n) is 36.0. The second kappa shape index (κ2) is 25.1. The van der Waals surface area contributed by atoms with Crippen molar-refractivity contribution in [3.05, 3.63) is 348 Å². The summed E-state index contributed by atoms with van der Waals surface area (Å²) in [6, 6.07) is 113. The van der Waals surface area contributed by atoms with Gasteiger partial charge in [-0.05, 0) is 211 Å². The van der Waals surface area contributed by atoms with Crippen LogP contribution in [-0.2, 0) is 27.1 Å². The van der Waals surface area contributed by atoms with E-state index >= 15 is 0 Å². The highest BCUT2D eigenvalue weighted by Gasteiger charge is 2.46. The zero-order valence-electron chi connectivity index (χ0n) is 60.7. The Morgan fingerprint density at radius 3 is 0.980 bits per heavy atom. The van der Waals surface area contributed by atoms with Gasteiger partial charge in [-0.15, -0.1) is 0 Å². The van der Waals surface area contributed by atoms with Gasteiger partial charge in [-0.25, -0.2) is 4.98 Å². The van der Waals surface area contributed by atoms with E-state index in [0.29, 0.717) is 17.6 Å². The van der Waals surface area contributed by atoms with Crippen LogP contribution in [0.5, 0.6) is 0 Å². The van der Waals surface area contributed by atoms with Gasteiger partial charge in [0.1, 0.15) is 0 Å². The lowest BCUT2D eigenvalue weighted by molar-refractivity contribution is 0.590. The van der Waals surface area contributed by atoms with Crippen molar-refractivity contribution < 1.29 is 0 Å². The van der Waals surface area contributed by atoms with Crippen molar-refractivity contribution in [1.82, 2.24) is 19.5 Å². The van der Waals surface area contributed by atoms with Gasteiger partial charge in [-0.3, -0.25) is 4.57 Å². The molecule has 0 spiro atoms. The molecule has 0 saturated carbocycles. The van der Waals surface area contributed by atoms with Crippen LogP contribution in [0.4, 0.5) is 0 Å². The van der Waals surface area contributed by atoms with Gasteiger partial charge in [0.15, 0.2) is 11.6 Å². The Morgan fingerprint density at radius 2 is 0.578 bits per heavy atom. The van der Waals surface area contributed by atoms with Crippen LogP contribution in [0.2, 0.25) is 0 Å². The van der Waals surface area contributed by atoms with Crippen LogP contribution in [0.15, 0.2) is 303 Å². The number of fused-ring (bicyclic) bond motifs is 6. The number of benzene rings is 13. The van der Waals surface area contributed by atoms with E-state index in [1.807, 2.05) is 0 Å². The Hall–Kier alpha value is -11.3. The molecule has 4 heteroatoms. The van der Waals surface area contributed by atoms with Crippen LogP contribution in [-0.4, -0.2) is 19.5 Å². The zero-order chi connectivity index (χ0) is 70.5. The summed E-state index contributed by atoms with van der Waals surface area (Å²) in [4.78, 5) is 17.1. The van der Waals surface area contributed by atoms with E-state index in [1.54, 1.807) is 0 Å². The maximum Gasteiger partial charge on any atom is 0.238 e. The average Bonchev–Trinajstić information content (AvgIpc) is 1.52. The first kappa shape index (κ1) is 65.3. The molecule has 498 valence electrons. The van der Waals surface area contributed by atoms with Gasteiger partial charge < -0.3 is 0 Å². The Kier molecular flexibility index (Phi) is 16.1. The van der Waals surface area contributed by atoms with Crippen molar-refractivity contribution in [3.8, 4) is 107 Å². The van der Waals surface area contributed by atoms with Crippen molar-refractivity contribution in [2.75, 3.05) is 0 Å². The molecule has 0 N–H and O–H groups in total. The molecule has 102 heavy (non-hydrogen) atoms. The summed E-state index contributed by atoms with van der Waals surface area (Å²) in [7, 11) is 0. The number of hydrogen-bond acceptors (Lipinski definition) is 3. The maximum absolute atomic E-state index is 5.73. The first-order valence-corrected chi connectivity index (χ1v) is 36.0. The third-order valence-corrected chi connectivity index (χ3v) is 21.2. The fourth-order valence-corrected chi connectivity index (χ4v) is 15.4. The third kappa shape index (κ3) is 12.0. The summed E-state index contributed by atoms with van der Waals surface area (Å²) in [6.07, 6.45) is 0.